The molecule has 3 aromatic heterocycles. The Balaban J connectivity index is 1.36. The third kappa shape index (κ3) is 4.51. The number of amides is 1. The Morgan fingerprint density at radius 1 is 1.29 bits per heavy atom. The molecule has 0 spiro atoms. The van der Waals surface area contributed by atoms with Gasteiger partial charge in [-0.2, -0.15) is 0 Å². The van der Waals surface area contributed by atoms with Gasteiger partial charge in [-0.3, -0.25) is 14.1 Å². The largest absolute Gasteiger partial charge is 0.395 e. The molecule has 1 aromatic carbocycles. The number of halogens is 1. The lowest BCUT2D eigenvalue weighted by molar-refractivity contribution is 0.0966. The summed E-state index contributed by atoms with van der Waals surface area (Å²) in [6.07, 6.45) is 4.30. The van der Waals surface area contributed by atoms with Gasteiger partial charge in [0.2, 0.25) is 0 Å². The van der Waals surface area contributed by atoms with E-state index < -0.39 is 0 Å². The van der Waals surface area contributed by atoms with E-state index in [2.05, 4.69) is 21.7 Å². The Morgan fingerprint density at radius 3 is 3.00 bits per heavy atom. The van der Waals surface area contributed by atoms with Crippen molar-refractivity contribution in [2.24, 2.45) is 0 Å². The van der Waals surface area contributed by atoms with Crippen LogP contribution >= 0.6 is 0 Å². The summed E-state index contributed by atoms with van der Waals surface area (Å²) in [7, 11) is 1.96. The third-order valence-electron chi connectivity index (χ3n) is 7.26. The van der Waals surface area contributed by atoms with Crippen molar-refractivity contribution in [3.8, 4) is 11.3 Å². The van der Waals surface area contributed by atoms with E-state index in [0.29, 0.717) is 54.9 Å². The van der Waals surface area contributed by atoms with Gasteiger partial charge in [0, 0.05) is 50.0 Å². The minimum absolute atomic E-state index is 0.0747. The molecule has 2 aliphatic heterocycles. The Bertz CT molecular complexity index is 1510. The van der Waals surface area contributed by atoms with Gasteiger partial charge in [-0.15, -0.1) is 0 Å². The van der Waals surface area contributed by atoms with Gasteiger partial charge in [-0.05, 0) is 42.8 Å². The first kappa shape index (κ1) is 24.5. The lowest BCUT2D eigenvalue weighted by atomic mass is 9.96. The fraction of sp³-hybridized carbons (Fsp3) is 0.321. The molecule has 10 heteroatoms. The van der Waals surface area contributed by atoms with Crippen molar-refractivity contribution in [1.82, 2.24) is 24.6 Å². The van der Waals surface area contributed by atoms with E-state index in [4.69, 9.17) is 9.72 Å². The minimum atomic E-state index is -0.350. The number of hydrogen-bond donors (Lipinski definition) is 3. The molecule has 6 rings (SSSR count). The maximum atomic E-state index is 13.7. The van der Waals surface area contributed by atoms with E-state index in [1.165, 1.54) is 12.1 Å². The molecule has 5 heterocycles. The topological polar surface area (TPSA) is 104 Å². The molecule has 1 saturated heterocycles. The summed E-state index contributed by atoms with van der Waals surface area (Å²) in [5, 5.41) is 15.7. The number of carbonyl (C=O) groups is 1. The number of nitrogens with one attached hydrogen (secondary N) is 2. The van der Waals surface area contributed by atoms with Crippen molar-refractivity contribution in [3.63, 3.8) is 0 Å². The fourth-order valence-electron chi connectivity index (χ4n) is 5.35. The van der Waals surface area contributed by atoms with Gasteiger partial charge in [0.05, 0.1) is 42.0 Å². The first-order chi connectivity index (χ1) is 18.5. The van der Waals surface area contributed by atoms with Crippen LogP contribution in [0.2, 0.25) is 0 Å². The molecule has 0 bridgehead atoms. The standard InChI is InChI=1S/C28H29FN6O3/c1-34(9-10-36)15-23-19(17-7-11-38-16-17)3-5-25(33-23)32-22-4-2-20(21-13-31-28(37)27(21)22)24-14-30-26-12-18(29)6-8-35(24)26/h2-6,8,12,14,17,36H,7,9-11,13,15-16H2,1H3,(H,31,37)(H,32,33)/t17-/m0/s1. The van der Waals surface area contributed by atoms with Crippen LogP contribution in [-0.2, 0) is 17.8 Å². The van der Waals surface area contributed by atoms with Crippen LogP contribution in [0.15, 0.2) is 48.8 Å². The molecular weight excluding hydrogens is 487 g/mol. The average molecular weight is 517 g/mol. The van der Waals surface area contributed by atoms with Crippen LogP contribution in [-0.4, -0.2) is 63.7 Å². The zero-order valence-electron chi connectivity index (χ0n) is 21.1. The number of nitrogens with zero attached hydrogens (tertiary/aromatic N) is 4. The van der Waals surface area contributed by atoms with Gasteiger partial charge in [0.1, 0.15) is 17.3 Å². The molecule has 3 N–H and O–H groups in total. The molecule has 0 radical (unpaired) electrons. The van der Waals surface area contributed by atoms with Crippen LogP contribution in [0.4, 0.5) is 15.9 Å². The summed E-state index contributed by atoms with van der Waals surface area (Å²) < 4.78 is 21.1. The van der Waals surface area contributed by atoms with Crippen LogP contribution in [0.1, 0.15) is 39.5 Å². The quantitative estimate of drug-likeness (QED) is 0.330. The van der Waals surface area contributed by atoms with Crippen molar-refractivity contribution in [2.75, 3.05) is 38.7 Å². The Hall–Kier alpha value is -3.86. The second kappa shape index (κ2) is 10.1. The Labute approximate surface area is 219 Å². The highest BCUT2D eigenvalue weighted by Gasteiger charge is 2.28. The van der Waals surface area contributed by atoms with E-state index in [-0.39, 0.29) is 18.3 Å². The average Bonchev–Trinajstić information content (AvgIpc) is 3.65. The first-order valence-corrected chi connectivity index (χ1v) is 12.7. The number of rotatable bonds is 8. The second-order valence-corrected chi connectivity index (χ2v) is 9.79. The summed E-state index contributed by atoms with van der Waals surface area (Å²) in [5.74, 6) is 0.423. The zero-order chi connectivity index (χ0) is 26.2. The van der Waals surface area contributed by atoms with Crippen LogP contribution in [0.5, 0.6) is 0 Å². The van der Waals surface area contributed by atoms with Gasteiger partial charge < -0.3 is 20.5 Å². The van der Waals surface area contributed by atoms with Gasteiger partial charge in [-0.25, -0.2) is 14.4 Å². The van der Waals surface area contributed by atoms with Gasteiger partial charge in [-0.1, -0.05) is 12.1 Å². The van der Waals surface area contributed by atoms with Gasteiger partial charge in [0.15, 0.2) is 0 Å². The smallest absolute Gasteiger partial charge is 0.254 e. The molecule has 1 amide bonds. The predicted octanol–water partition coefficient (Wildman–Crippen LogP) is 3.45. The minimum Gasteiger partial charge on any atom is -0.395 e. The summed E-state index contributed by atoms with van der Waals surface area (Å²) in [6, 6.07) is 10.6. The van der Waals surface area contributed by atoms with Crippen LogP contribution in [0.3, 0.4) is 0 Å². The highest BCUT2D eigenvalue weighted by Crippen LogP contribution is 2.36. The Kier molecular flexibility index (Phi) is 6.52. The maximum Gasteiger partial charge on any atom is 0.254 e. The number of pyridine rings is 2. The molecule has 1 fully saturated rings. The molecule has 9 nitrogen and oxygen atoms in total. The van der Waals surface area contributed by atoms with Crippen molar-refractivity contribution in [1.29, 1.82) is 0 Å². The third-order valence-corrected chi connectivity index (χ3v) is 7.26. The number of imidazole rings is 1. The lowest BCUT2D eigenvalue weighted by Gasteiger charge is -2.21. The summed E-state index contributed by atoms with van der Waals surface area (Å²) in [6.45, 7) is 3.02. The van der Waals surface area contributed by atoms with Crippen molar-refractivity contribution < 1.29 is 19.0 Å². The molecule has 0 aliphatic carbocycles. The molecule has 1 atom stereocenters. The molecule has 196 valence electrons. The second-order valence-electron chi connectivity index (χ2n) is 9.79. The lowest BCUT2D eigenvalue weighted by Crippen LogP contribution is -2.23. The number of aromatic nitrogens is 3. The summed E-state index contributed by atoms with van der Waals surface area (Å²) >= 11 is 0. The van der Waals surface area contributed by atoms with E-state index in [0.717, 1.165) is 41.1 Å². The van der Waals surface area contributed by atoms with E-state index in [9.17, 15) is 14.3 Å². The van der Waals surface area contributed by atoms with Crippen molar-refractivity contribution in [3.05, 3.63) is 77.0 Å². The maximum absolute atomic E-state index is 13.7. The molecule has 4 aromatic rings. The van der Waals surface area contributed by atoms with E-state index in [1.54, 1.807) is 12.4 Å². The van der Waals surface area contributed by atoms with Crippen molar-refractivity contribution >= 4 is 23.1 Å². The van der Waals surface area contributed by atoms with Gasteiger partial charge in [0.25, 0.3) is 5.91 Å². The zero-order valence-corrected chi connectivity index (χ0v) is 21.1. The first-order valence-electron chi connectivity index (χ1n) is 12.7. The van der Waals surface area contributed by atoms with E-state index in [1.807, 2.05) is 34.5 Å². The summed E-state index contributed by atoms with van der Waals surface area (Å²) in [4.78, 5) is 24.2. The number of fused-ring (bicyclic) bond motifs is 2. The predicted molar refractivity (Wildman–Crippen MR) is 141 cm³/mol. The molecule has 38 heavy (non-hydrogen) atoms. The van der Waals surface area contributed by atoms with E-state index >= 15 is 0 Å². The summed E-state index contributed by atoms with van der Waals surface area (Å²) in [5.41, 5.74) is 6.31. The molecule has 2 aliphatic rings. The monoisotopic (exact) mass is 516 g/mol. The number of hydrogen-bond acceptors (Lipinski definition) is 7. The highest BCUT2D eigenvalue weighted by molar-refractivity contribution is 6.06. The number of anilines is 2. The van der Waals surface area contributed by atoms with Crippen molar-refractivity contribution in [2.45, 2.75) is 25.4 Å². The van der Waals surface area contributed by atoms with Crippen LogP contribution < -0.4 is 10.6 Å². The molecule has 0 saturated carbocycles. The fourth-order valence-corrected chi connectivity index (χ4v) is 5.35. The SMILES string of the molecule is CN(CCO)Cc1nc(Nc2ccc(-c3cnc4cc(F)ccn34)c3c2C(=O)NC3)ccc1[C@H]1CCOC1. The van der Waals surface area contributed by atoms with Crippen LogP contribution in [0, 0.1) is 5.82 Å². The number of benzene rings is 1. The molecule has 0 unspecified atom stereocenters. The number of ether oxygens (including phenoxy) is 1. The number of likely N-dealkylation sites (N-methyl/N-ethyl adjacent to an activating group) is 1. The Morgan fingerprint density at radius 2 is 2.18 bits per heavy atom. The van der Waals surface area contributed by atoms with Gasteiger partial charge >= 0.3 is 0 Å². The number of aliphatic hydroxyl groups excluding tert-OH is 1. The normalized spacial score (nSPS) is 16.8. The number of aliphatic hydroxyl groups is 1. The highest BCUT2D eigenvalue weighted by atomic mass is 19.1. The number of carbonyl (C=O) groups excluding carboxylic acids is 1. The van der Waals surface area contributed by atoms with Crippen LogP contribution in [0.25, 0.3) is 16.9 Å². The molecular formula is C28H29FN6O3.